The van der Waals surface area contributed by atoms with Gasteiger partial charge in [0.25, 0.3) is 0 Å². The number of hydrogen-bond acceptors (Lipinski definition) is 2. The number of terminal acetylenes is 1. The van der Waals surface area contributed by atoms with Crippen molar-refractivity contribution in [2.45, 2.75) is 18.6 Å². The van der Waals surface area contributed by atoms with Gasteiger partial charge in [-0.15, -0.1) is 6.42 Å². The summed E-state index contributed by atoms with van der Waals surface area (Å²) < 4.78 is 38.6. The van der Waals surface area contributed by atoms with Gasteiger partial charge in [0.1, 0.15) is 5.84 Å². The fraction of sp³-hybridized carbons (Fsp3) is 0.286. The van der Waals surface area contributed by atoms with Crippen molar-refractivity contribution in [2.24, 2.45) is 4.99 Å². The average molecular weight is 315 g/mol. The van der Waals surface area contributed by atoms with Crippen LogP contribution in [0.4, 0.5) is 13.2 Å². The van der Waals surface area contributed by atoms with Gasteiger partial charge >= 0.3 is 6.18 Å². The first kappa shape index (κ1) is 15.4. The van der Waals surface area contributed by atoms with Gasteiger partial charge in [-0.1, -0.05) is 29.7 Å². The molecule has 0 aliphatic carbocycles. The first-order valence-corrected chi connectivity index (χ1v) is 6.35. The van der Waals surface area contributed by atoms with E-state index in [4.69, 9.17) is 18.0 Å². The van der Waals surface area contributed by atoms with Crippen LogP contribution in [0.5, 0.6) is 0 Å². The van der Waals surface area contributed by atoms with Gasteiger partial charge in [-0.05, 0) is 12.1 Å². The molecule has 0 radical (unpaired) electrons. The van der Waals surface area contributed by atoms with E-state index in [0.29, 0.717) is 10.6 Å². The summed E-state index contributed by atoms with van der Waals surface area (Å²) in [6, 6.07) is 4.04. The van der Waals surface area contributed by atoms with E-state index in [0.717, 1.165) is 4.90 Å². The van der Waals surface area contributed by atoms with Gasteiger partial charge in [0.05, 0.1) is 13.0 Å². The van der Waals surface area contributed by atoms with Gasteiger partial charge in [-0.2, -0.15) is 13.2 Å². The number of aliphatic imine (C=N–C) groups is 1. The lowest BCUT2D eigenvalue weighted by atomic mass is 10.1. The molecule has 1 unspecified atom stereocenters. The number of nitrogens with zero attached hydrogens (tertiary/aromatic N) is 2. The third-order valence-corrected chi connectivity index (χ3v) is 3.15. The Bertz CT molecular complexity index is 634. The molecule has 2 rings (SSSR count). The Labute approximate surface area is 124 Å². The average Bonchev–Trinajstić information content (AvgIpc) is 2.39. The fourth-order valence-corrected chi connectivity index (χ4v) is 2.15. The summed E-state index contributed by atoms with van der Waals surface area (Å²) in [7, 11) is 0. The number of carbonyl (C=O) groups excluding carboxylic acids is 1. The summed E-state index contributed by atoms with van der Waals surface area (Å²) in [6.45, 7) is -0.144. The number of rotatable bonds is 2. The van der Waals surface area contributed by atoms with Crippen LogP contribution in [0.2, 0.25) is 5.02 Å². The molecule has 1 amide bonds. The van der Waals surface area contributed by atoms with Gasteiger partial charge in [-0.3, -0.25) is 14.7 Å². The summed E-state index contributed by atoms with van der Waals surface area (Å²) in [5, 5.41) is 0.331. The number of amides is 1. The number of amidine groups is 1. The molecule has 110 valence electrons. The topological polar surface area (TPSA) is 32.7 Å². The van der Waals surface area contributed by atoms with Crippen molar-refractivity contribution in [1.29, 1.82) is 0 Å². The molecule has 0 spiro atoms. The van der Waals surface area contributed by atoms with Crippen LogP contribution < -0.4 is 0 Å². The molecule has 0 bridgehead atoms. The standard InChI is InChI=1S/C14H10ClF3N2O/c1-2-6-20-12(21)8-11(14(16,17)18)19-13(20)9-4-3-5-10(15)7-9/h1,3-5,7,11H,6,8H2. The number of carbonyl (C=O) groups is 1. The lowest BCUT2D eigenvalue weighted by molar-refractivity contribution is -0.158. The van der Waals surface area contributed by atoms with Crippen molar-refractivity contribution in [3.05, 3.63) is 34.9 Å². The maximum Gasteiger partial charge on any atom is 0.411 e. The molecule has 0 fully saturated rings. The van der Waals surface area contributed by atoms with Crippen molar-refractivity contribution < 1.29 is 18.0 Å². The molecular formula is C14H10ClF3N2O. The molecule has 0 aromatic heterocycles. The maximum atomic E-state index is 12.9. The van der Waals surface area contributed by atoms with Crippen LogP contribution in [0.25, 0.3) is 0 Å². The summed E-state index contributed by atoms with van der Waals surface area (Å²) in [4.78, 5) is 16.6. The highest BCUT2D eigenvalue weighted by molar-refractivity contribution is 6.31. The van der Waals surface area contributed by atoms with Crippen molar-refractivity contribution in [3.63, 3.8) is 0 Å². The molecule has 7 heteroatoms. The van der Waals surface area contributed by atoms with Crippen LogP contribution in [0.1, 0.15) is 12.0 Å². The van der Waals surface area contributed by atoms with Gasteiger partial charge in [0.2, 0.25) is 5.91 Å². The quantitative estimate of drug-likeness (QED) is 0.773. The van der Waals surface area contributed by atoms with E-state index in [1.54, 1.807) is 12.1 Å². The Kier molecular flexibility index (Phi) is 4.24. The van der Waals surface area contributed by atoms with E-state index in [1.165, 1.54) is 12.1 Å². The zero-order valence-electron chi connectivity index (χ0n) is 10.7. The Morgan fingerprint density at radius 2 is 2.19 bits per heavy atom. The van der Waals surface area contributed by atoms with E-state index in [1.807, 2.05) is 0 Å². The SMILES string of the molecule is C#CCN1C(=O)CC(C(F)(F)F)N=C1c1cccc(Cl)c1. The molecule has 1 aliphatic rings. The normalized spacial score (nSPS) is 19.2. The van der Waals surface area contributed by atoms with E-state index in [-0.39, 0.29) is 12.4 Å². The Hall–Kier alpha value is -2.00. The lowest BCUT2D eigenvalue weighted by Gasteiger charge is -2.30. The Morgan fingerprint density at radius 3 is 2.76 bits per heavy atom. The van der Waals surface area contributed by atoms with E-state index >= 15 is 0 Å². The van der Waals surface area contributed by atoms with E-state index < -0.39 is 24.5 Å². The number of benzene rings is 1. The predicted octanol–water partition coefficient (Wildman–Crippen LogP) is 2.88. The Morgan fingerprint density at radius 1 is 1.48 bits per heavy atom. The van der Waals surface area contributed by atoms with E-state index in [9.17, 15) is 18.0 Å². The third kappa shape index (κ3) is 3.37. The highest BCUT2D eigenvalue weighted by atomic mass is 35.5. The van der Waals surface area contributed by atoms with Crippen LogP contribution >= 0.6 is 11.6 Å². The zero-order valence-corrected chi connectivity index (χ0v) is 11.4. The fourth-order valence-electron chi connectivity index (χ4n) is 1.96. The molecule has 0 saturated carbocycles. The number of hydrogen-bond donors (Lipinski definition) is 0. The van der Waals surface area contributed by atoms with Crippen molar-refractivity contribution in [3.8, 4) is 12.3 Å². The van der Waals surface area contributed by atoms with Crippen LogP contribution in [0.3, 0.4) is 0 Å². The van der Waals surface area contributed by atoms with E-state index in [2.05, 4.69) is 10.9 Å². The van der Waals surface area contributed by atoms with Crippen molar-refractivity contribution >= 4 is 23.3 Å². The predicted molar refractivity (Wildman–Crippen MR) is 73.0 cm³/mol. The minimum atomic E-state index is -4.58. The van der Waals surface area contributed by atoms with Gasteiger partial charge < -0.3 is 0 Å². The molecule has 0 N–H and O–H groups in total. The highest BCUT2D eigenvalue weighted by Gasteiger charge is 2.45. The Balaban J connectivity index is 2.51. The van der Waals surface area contributed by atoms with Crippen LogP contribution in [-0.4, -0.2) is 35.4 Å². The van der Waals surface area contributed by atoms with Gasteiger partial charge in [0, 0.05) is 10.6 Å². The van der Waals surface area contributed by atoms with Crippen molar-refractivity contribution in [2.75, 3.05) is 6.54 Å². The molecule has 0 saturated heterocycles. The highest BCUT2D eigenvalue weighted by Crippen LogP contribution is 2.30. The third-order valence-electron chi connectivity index (χ3n) is 2.91. The molecule has 1 aromatic rings. The second kappa shape index (κ2) is 5.78. The van der Waals surface area contributed by atoms with Crippen LogP contribution in [-0.2, 0) is 4.79 Å². The lowest BCUT2D eigenvalue weighted by Crippen LogP contribution is -2.47. The first-order chi connectivity index (χ1) is 9.82. The minimum Gasteiger partial charge on any atom is -0.285 e. The minimum absolute atomic E-state index is 0.103. The summed E-state index contributed by atoms with van der Waals surface area (Å²) in [5.41, 5.74) is 0.319. The second-order valence-corrected chi connectivity index (χ2v) is 4.85. The largest absolute Gasteiger partial charge is 0.411 e. The molecule has 1 atom stereocenters. The monoisotopic (exact) mass is 314 g/mol. The summed E-state index contributed by atoms with van der Waals surface area (Å²) in [6.07, 6.45) is -0.157. The molecule has 1 aromatic carbocycles. The molecular weight excluding hydrogens is 305 g/mol. The van der Waals surface area contributed by atoms with Crippen LogP contribution in [0, 0.1) is 12.3 Å². The van der Waals surface area contributed by atoms with Gasteiger partial charge in [0.15, 0.2) is 6.04 Å². The second-order valence-electron chi connectivity index (χ2n) is 4.41. The number of halogens is 4. The van der Waals surface area contributed by atoms with Gasteiger partial charge in [-0.25, -0.2) is 0 Å². The molecule has 3 nitrogen and oxygen atoms in total. The number of alkyl halides is 3. The summed E-state index contributed by atoms with van der Waals surface area (Å²) in [5.74, 6) is 1.43. The zero-order chi connectivity index (χ0) is 15.6. The first-order valence-electron chi connectivity index (χ1n) is 5.97. The molecule has 1 heterocycles. The van der Waals surface area contributed by atoms with Crippen LogP contribution in [0.15, 0.2) is 29.3 Å². The maximum absolute atomic E-state index is 12.9. The van der Waals surface area contributed by atoms with Crippen molar-refractivity contribution in [1.82, 2.24) is 4.90 Å². The smallest absolute Gasteiger partial charge is 0.285 e. The molecule has 21 heavy (non-hydrogen) atoms. The molecule has 1 aliphatic heterocycles. The summed E-state index contributed by atoms with van der Waals surface area (Å²) >= 11 is 5.83.